The van der Waals surface area contributed by atoms with Crippen LogP contribution in [-0.2, 0) is 24.2 Å². The molecule has 3 aromatic rings. The molecule has 0 unspecified atom stereocenters. The van der Waals surface area contributed by atoms with Gasteiger partial charge in [0.25, 0.3) is 0 Å². The van der Waals surface area contributed by atoms with Crippen molar-refractivity contribution in [2.75, 3.05) is 13.2 Å². The van der Waals surface area contributed by atoms with Crippen LogP contribution in [0.1, 0.15) is 38.1 Å². The number of benzene rings is 2. The molecule has 1 amide bonds. The lowest BCUT2D eigenvalue weighted by Crippen LogP contribution is -2.22. The maximum absolute atomic E-state index is 11.6. The van der Waals surface area contributed by atoms with Crippen LogP contribution in [0.5, 0.6) is 5.75 Å². The van der Waals surface area contributed by atoms with Crippen molar-refractivity contribution >= 4 is 16.9 Å². The van der Waals surface area contributed by atoms with Gasteiger partial charge in [0.05, 0.1) is 17.6 Å². The molecule has 0 aliphatic carbocycles. The first-order valence-electron chi connectivity index (χ1n) is 10.8. The van der Waals surface area contributed by atoms with E-state index in [1.54, 1.807) is 12.2 Å². The minimum Gasteiger partial charge on any atom is -0.494 e. The maximum atomic E-state index is 11.6. The summed E-state index contributed by atoms with van der Waals surface area (Å²) in [6.45, 7) is 6.15. The number of ether oxygens (including phenoxy) is 1. The Hall–Kier alpha value is -3.08. The zero-order valence-electron chi connectivity index (χ0n) is 17.9. The van der Waals surface area contributed by atoms with Gasteiger partial charge in [-0.2, -0.15) is 0 Å². The van der Waals surface area contributed by atoms with Gasteiger partial charge in [-0.15, -0.1) is 0 Å². The van der Waals surface area contributed by atoms with Crippen molar-refractivity contribution in [1.82, 2.24) is 14.9 Å². The molecule has 0 spiro atoms. The monoisotopic (exact) mass is 405 g/mol. The van der Waals surface area contributed by atoms with E-state index in [1.165, 1.54) is 5.56 Å². The van der Waals surface area contributed by atoms with Crippen LogP contribution < -0.4 is 10.1 Å². The molecule has 0 bridgehead atoms. The topological polar surface area (TPSA) is 56.2 Å². The van der Waals surface area contributed by atoms with Crippen molar-refractivity contribution in [3.63, 3.8) is 0 Å². The van der Waals surface area contributed by atoms with Gasteiger partial charge in [0.2, 0.25) is 5.91 Å². The molecule has 1 N–H and O–H groups in total. The Morgan fingerprint density at radius 3 is 2.70 bits per heavy atom. The second kappa shape index (κ2) is 11.2. The van der Waals surface area contributed by atoms with Crippen molar-refractivity contribution in [2.45, 2.75) is 46.1 Å². The summed E-state index contributed by atoms with van der Waals surface area (Å²) >= 11 is 0. The van der Waals surface area contributed by atoms with Crippen LogP contribution in [0.15, 0.2) is 60.7 Å². The Morgan fingerprint density at radius 2 is 1.93 bits per heavy atom. The Kier molecular flexibility index (Phi) is 8.07. The quantitative estimate of drug-likeness (QED) is 0.372. The second-order valence-corrected chi connectivity index (χ2v) is 7.26. The smallest absolute Gasteiger partial charge is 0.243 e. The van der Waals surface area contributed by atoms with Crippen molar-refractivity contribution in [3.05, 3.63) is 72.1 Å². The number of imidazole rings is 1. The van der Waals surface area contributed by atoms with Crippen LogP contribution >= 0.6 is 0 Å². The molecule has 3 rings (SSSR count). The Balaban J connectivity index is 1.56. The molecule has 0 atom stereocenters. The van der Waals surface area contributed by atoms with Gasteiger partial charge in [0.1, 0.15) is 11.6 Å². The molecule has 0 aliphatic heterocycles. The van der Waals surface area contributed by atoms with E-state index in [1.807, 2.05) is 31.2 Å². The summed E-state index contributed by atoms with van der Waals surface area (Å²) in [6, 6.07) is 16.5. The molecule has 0 saturated heterocycles. The second-order valence-electron chi connectivity index (χ2n) is 7.26. The van der Waals surface area contributed by atoms with Gasteiger partial charge >= 0.3 is 0 Å². The first kappa shape index (κ1) is 21.6. The number of rotatable bonds is 11. The Labute approximate surface area is 178 Å². The molecule has 158 valence electrons. The van der Waals surface area contributed by atoms with E-state index < -0.39 is 0 Å². The van der Waals surface area contributed by atoms with E-state index in [4.69, 9.17) is 9.72 Å². The molecule has 0 radical (unpaired) electrons. The summed E-state index contributed by atoms with van der Waals surface area (Å²) in [6.07, 6.45) is 6.91. The number of aryl methyl sites for hydroxylation is 3. The fraction of sp³-hybridized carbons (Fsp3) is 0.360. The standard InChI is InChI=1S/C25H31N3O2/c1-3-9-25(29)26-17-7-12-24-27-22-10-5-6-11-23(22)28(24)18-8-19-30-21-15-13-20(4-2)14-16-21/h3,5-6,9-11,13-16H,4,7-8,12,17-19H2,1-2H3,(H,26,29)/b9-3-. The van der Waals surface area contributed by atoms with Crippen LogP contribution in [0, 0.1) is 0 Å². The first-order chi connectivity index (χ1) is 14.7. The van der Waals surface area contributed by atoms with E-state index in [0.29, 0.717) is 13.2 Å². The number of fused-ring (bicyclic) bond motifs is 1. The van der Waals surface area contributed by atoms with Crippen molar-refractivity contribution in [1.29, 1.82) is 0 Å². The minimum absolute atomic E-state index is 0.0462. The lowest BCUT2D eigenvalue weighted by molar-refractivity contribution is -0.116. The van der Waals surface area contributed by atoms with Gasteiger partial charge in [-0.05, 0) is 62.1 Å². The van der Waals surface area contributed by atoms with E-state index in [-0.39, 0.29) is 5.91 Å². The van der Waals surface area contributed by atoms with Crippen molar-refractivity contribution < 1.29 is 9.53 Å². The van der Waals surface area contributed by atoms with Gasteiger partial charge in [-0.1, -0.05) is 37.3 Å². The summed E-state index contributed by atoms with van der Waals surface area (Å²) in [5, 5.41) is 2.90. The largest absolute Gasteiger partial charge is 0.494 e. The van der Waals surface area contributed by atoms with E-state index >= 15 is 0 Å². The third-order valence-electron chi connectivity index (χ3n) is 5.05. The Bertz CT molecular complexity index is 974. The highest BCUT2D eigenvalue weighted by Crippen LogP contribution is 2.18. The summed E-state index contributed by atoms with van der Waals surface area (Å²) in [5.41, 5.74) is 3.48. The van der Waals surface area contributed by atoms with Crippen LogP contribution in [0.3, 0.4) is 0 Å². The normalized spacial score (nSPS) is 11.3. The summed E-state index contributed by atoms with van der Waals surface area (Å²) in [7, 11) is 0. The van der Waals surface area contributed by atoms with E-state index in [9.17, 15) is 4.79 Å². The SMILES string of the molecule is C/C=C\C(=O)NCCCc1nc2ccccc2n1CCCOc1ccc(CC)cc1. The first-order valence-corrected chi connectivity index (χ1v) is 10.8. The average molecular weight is 406 g/mol. The maximum Gasteiger partial charge on any atom is 0.243 e. The number of carbonyl (C=O) groups is 1. The number of allylic oxidation sites excluding steroid dienone is 1. The number of aromatic nitrogens is 2. The van der Waals surface area contributed by atoms with Crippen LogP contribution in [-0.4, -0.2) is 28.6 Å². The molecule has 5 nitrogen and oxygen atoms in total. The van der Waals surface area contributed by atoms with Gasteiger partial charge in [0, 0.05) is 19.5 Å². The number of para-hydroxylation sites is 2. The molecular weight excluding hydrogens is 374 g/mol. The van der Waals surface area contributed by atoms with Crippen LogP contribution in [0.2, 0.25) is 0 Å². The number of hydrogen-bond donors (Lipinski definition) is 1. The molecule has 0 aliphatic rings. The van der Waals surface area contributed by atoms with Crippen molar-refractivity contribution in [2.24, 2.45) is 0 Å². The number of hydrogen-bond acceptors (Lipinski definition) is 3. The fourth-order valence-corrected chi connectivity index (χ4v) is 3.47. The molecule has 30 heavy (non-hydrogen) atoms. The van der Waals surface area contributed by atoms with Gasteiger partial charge in [-0.3, -0.25) is 4.79 Å². The number of amides is 1. The summed E-state index contributed by atoms with van der Waals surface area (Å²) < 4.78 is 8.20. The Morgan fingerprint density at radius 1 is 1.13 bits per heavy atom. The van der Waals surface area contributed by atoms with Gasteiger partial charge in [0.15, 0.2) is 0 Å². The molecule has 1 aromatic heterocycles. The lowest BCUT2D eigenvalue weighted by atomic mass is 10.2. The highest BCUT2D eigenvalue weighted by atomic mass is 16.5. The molecule has 5 heteroatoms. The third-order valence-corrected chi connectivity index (χ3v) is 5.05. The van der Waals surface area contributed by atoms with Gasteiger partial charge in [-0.25, -0.2) is 4.98 Å². The zero-order valence-corrected chi connectivity index (χ0v) is 17.9. The lowest BCUT2D eigenvalue weighted by Gasteiger charge is -2.11. The molecule has 0 fully saturated rings. The predicted molar refractivity (Wildman–Crippen MR) is 122 cm³/mol. The summed E-state index contributed by atoms with van der Waals surface area (Å²) in [4.78, 5) is 16.4. The highest BCUT2D eigenvalue weighted by molar-refractivity contribution is 5.87. The third kappa shape index (κ3) is 5.96. The van der Waals surface area contributed by atoms with Crippen LogP contribution in [0.4, 0.5) is 0 Å². The molecule has 0 saturated carbocycles. The van der Waals surface area contributed by atoms with E-state index in [2.05, 4.69) is 41.1 Å². The molecule has 2 aromatic carbocycles. The van der Waals surface area contributed by atoms with E-state index in [0.717, 1.165) is 54.8 Å². The zero-order chi connectivity index (χ0) is 21.2. The minimum atomic E-state index is -0.0462. The molecular formula is C25H31N3O2. The fourth-order valence-electron chi connectivity index (χ4n) is 3.47. The highest BCUT2D eigenvalue weighted by Gasteiger charge is 2.10. The number of carbonyl (C=O) groups excluding carboxylic acids is 1. The van der Waals surface area contributed by atoms with Crippen LogP contribution in [0.25, 0.3) is 11.0 Å². The number of nitrogens with zero attached hydrogens (tertiary/aromatic N) is 2. The summed E-state index contributed by atoms with van der Waals surface area (Å²) in [5.74, 6) is 1.93. The predicted octanol–water partition coefficient (Wildman–Crippen LogP) is 4.69. The van der Waals surface area contributed by atoms with Crippen molar-refractivity contribution in [3.8, 4) is 5.75 Å². The molecule has 1 heterocycles. The average Bonchev–Trinajstić information content (AvgIpc) is 3.12. The number of nitrogens with one attached hydrogen (secondary N) is 1. The van der Waals surface area contributed by atoms with Gasteiger partial charge < -0.3 is 14.6 Å².